The Morgan fingerprint density at radius 1 is 1.29 bits per heavy atom. The molecule has 0 unspecified atom stereocenters. The van der Waals surface area contributed by atoms with Crippen LogP contribution in [0.3, 0.4) is 0 Å². The van der Waals surface area contributed by atoms with Crippen molar-refractivity contribution in [1.29, 1.82) is 0 Å². The van der Waals surface area contributed by atoms with Crippen LogP contribution in [0.25, 0.3) is 0 Å². The first-order chi connectivity index (χ1) is 13.7. The third kappa shape index (κ3) is 3.71. The van der Waals surface area contributed by atoms with E-state index in [0.29, 0.717) is 12.6 Å². The molecule has 1 aromatic rings. The summed E-state index contributed by atoms with van der Waals surface area (Å²) in [6.45, 7) is 7.06. The molecule has 2 aliphatic heterocycles. The van der Waals surface area contributed by atoms with E-state index in [-0.39, 0.29) is 11.5 Å². The first-order valence-electron chi connectivity index (χ1n) is 10.6. The normalized spacial score (nSPS) is 28.3. The second kappa shape index (κ2) is 8.49. The van der Waals surface area contributed by atoms with Gasteiger partial charge >= 0.3 is 6.09 Å². The maximum Gasteiger partial charge on any atom is 0.409 e. The van der Waals surface area contributed by atoms with Gasteiger partial charge in [-0.2, -0.15) is 0 Å². The summed E-state index contributed by atoms with van der Waals surface area (Å²) in [6, 6.07) is 5.02. The van der Waals surface area contributed by atoms with E-state index in [9.17, 15) is 4.79 Å². The second-order valence-electron chi connectivity index (χ2n) is 8.18. The van der Waals surface area contributed by atoms with Gasteiger partial charge in [-0.25, -0.2) is 9.78 Å². The van der Waals surface area contributed by atoms with Crippen molar-refractivity contribution in [3.05, 3.63) is 23.9 Å². The van der Waals surface area contributed by atoms with E-state index in [4.69, 9.17) is 4.74 Å². The molecule has 3 heterocycles. The van der Waals surface area contributed by atoms with Gasteiger partial charge in [0.05, 0.1) is 6.61 Å². The van der Waals surface area contributed by atoms with E-state index in [1.54, 1.807) is 11.9 Å². The molecule has 4 rings (SSSR count). The fraction of sp³-hybridized carbons (Fsp3) is 0.714. The first kappa shape index (κ1) is 19.8. The van der Waals surface area contributed by atoms with Gasteiger partial charge < -0.3 is 9.64 Å². The third-order valence-corrected chi connectivity index (χ3v) is 7.49. The number of hydrogen-bond donors (Lipinski definition) is 0. The zero-order chi connectivity index (χ0) is 19.6. The molecule has 0 N–H and O–H groups in total. The number of pyridine rings is 1. The standard InChI is InChI=1S/C21H32N4O2S/c1-3-27-20(26)24-13-5-12-23(14-15-24)17-7-9-21(10-8-17)16-25(28-2)19-18(21)6-4-11-22-19/h4,6,11,17H,3,5,7-10,12-16H2,1-2H3. The lowest BCUT2D eigenvalue weighted by Crippen LogP contribution is -2.45. The van der Waals surface area contributed by atoms with E-state index in [1.165, 1.54) is 37.1 Å². The highest BCUT2D eigenvalue weighted by Crippen LogP contribution is 2.50. The molecule has 1 aliphatic carbocycles. The average Bonchev–Trinajstić information content (AvgIpc) is 2.87. The molecule has 154 valence electrons. The summed E-state index contributed by atoms with van der Waals surface area (Å²) in [5.74, 6) is 1.17. The topological polar surface area (TPSA) is 48.9 Å². The lowest BCUT2D eigenvalue weighted by Gasteiger charge is -2.41. The quantitative estimate of drug-likeness (QED) is 0.719. The van der Waals surface area contributed by atoms with Crippen molar-refractivity contribution < 1.29 is 9.53 Å². The van der Waals surface area contributed by atoms with Crippen molar-refractivity contribution in [3.63, 3.8) is 0 Å². The van der Waals surface area contributed by atoms with Crippen LogP contribution in [-0.2, 0) is 10.2 Å². The largest absolute Gasteiger partial charge is 0.450 e. The van der Waals surface area contributed by atoms with E-state index < -0.39 is 0 Å². The molecule has 1 spiro atoms. The number of carbonyl (C=O) groups excluding carboxylic acids is 1. The van der Waals surface area contributed by atoms with Gasteiger partial charge in [0, 0.05) is 62.2 Å². The van der Waals surface area contributed by atoms with E-state index in [1.807, 2.05) is 18.0 Å². The van der Waals surface area contributed by atoms with Crippen LogP contribution in [-0.4, -0.2) is 72.5 Å². The van der Waals surface area contributed by atoms with E-state index >= 15 is 0 Å². The molecule has 1 aromatic heterocycles. The van der Waals surface area contributed by atoms with Crippen molar-refractivity contribution in [2.24, 2.45) is 0 Å². The number of hydrogen-bond acceptors (Lipinski definition) is 6. The highest BCUT2D eigenvalue weighted by Gasteiger charge is 2.46. The Bertz CT molecular complexity index is 693. The van der Waals surface area contributed by atoms with Gasteiger partial charge in [-0.05, 0) is 45.1 Å². The maximum atomic E-state index is 12.1. The van der Waals surface area contributed by atoms with Crippen molar-refractivity contribution in [1.82, 2.24) is 14.8 Å². The molecule has 0 radical (unpaired) electrons. The van der Waals surface area contributed by atoms with Crippen molar-refractivity contribution in [2.45, 2.75) is 50.5 Å². The number of rotatable bonds is 3. The van der Waals surface area contributed by atoms with Crippen LogP contribution in [0.1, 0.15) is 44.6 Å². The van der Waals surface area contributed by atoms with Crippen LogP contribution in [0, 0.1) is 0 Å². The Morgan fingerprint density at radius 2 is 2.11 bits per heavy atom. The molecule has 6 nitrogen and oxygen atoms in total. The molecule has 3 aliphatic rings. The Balaban J connectivity index is 1.38. The SMILES string of the molecule is CCOC(=O)N1CCCN(C2CCC3(CC2)CN(SC)c2ncccc23)CC1. The Kier molecular flexibility index (Phi) is 6.01. The summed E-state index contributed by atoms with van der Waals surface area (Å²) in [4.78, 5) is 21.2. The number of anilines is 1. The number of carbonyl (C=O) groups is 1. The van der Waals surface area contributed by atoms with E-state index in [2.05, 4.69) is 32.6 Å². The summed E-state index contributed by atoms with van der Waals surface area (Å²) in [5.41, 5.74) is 1.72. The van der Waals surface area contributed by atoms with Crippen molar-refractivity contribution in [2.75, 3.05) is 49.9 Å². The third-order valence-electron chi connectivity index (χ3n) is 6.75. The summed E-state index contributed by atoms with van der Waals surface area (Å²) in [5, 5.41) is 0. The van der Waals surface area contributed by atoms with Crippen LogP contribution < -0.4 is 4.31 Å². The highest BCUT2D eigenvalue weighted by atomic mass is 32.2. The number of fused-ring (bicyclic) bond motifs is 2. The van der Waals surface area contributed by atoms with Crippen LogP contribution in [0.5, 0.6) is 0 Å². The number of amides is 1. The van der Waals surface area contributed by atoms with Gasteiger partial charge in [0.25, 0.3) is 0 Å². The number of ether oxygens (including phenoxy) is 1. The monoisotopic (exact) mass is 404 g/mol. The molecule has 0 aromatic carbocycles. The Labute approximate surface area is 172 Å². The molecule has 28 heavy (non-hydrogen) atoms. The summed E-state index contributed by atoms with van der Waals surface area (Å²) >= 11 is 1.79. The molecule has 0 atom stereocenters. The van der Waals surface area contributed by atoms with Gasteiger partial charge in [-0.3, -0.25) is 9.21 Å². The van der Waals surface area contributed by atoms with Gasteiger partial charge in [-0.15, -0.1) is 0 Å². The van der Waals surface area contributed by atoms with Gasteiger partial charge in [0.2, 0.25) is 0 Å². The van der Waals surface area contributed by atoms with Crippen LogP contribution in [0.4, 0.5) is 10.6 Å². The maximum absolute atomic E-state index is 12.1. The van der Waals surface area contributed by atoms with Gasteiger partial charge in [0.1, 0.15) is 5.82 Å². The first-order valence-corrected chi connectivity index (χ1v) is 11.8. The Morgan fingerprint density at radius 3 is 2.86 bits per heavy atom. The fourth-order valence-electron chi connectivity index (χ4n) is 5.24. The molecule has 1 saturated heterocycles. The van der Waals surface area contributed by atoms with Gasteiger partial charge in [-0.1, -0.05) is 18.0 Å². The summed E-state index contributed by atoms with van der Waals surface area (Å²) < 4.78 is 7.56. The number of aromatic nitrogens is 1. The predicted octanol–water partition coefficient (Wildman–Crippen LogP) is 3.52. The van der Waals surface area contributed by atoms with Crippen LogP contribution in [0.2, 0.25) is 0 Å². The second-order valence-corrected chi connectivity index (χ2v) is 8.99. The lowest BCUT2D eigenvalue weighted by molar-refractivity contribution is 0.103. The van der Waals surface area contributed by atoms with Crippen LogP contribution >= 0.6 is 11.9 Å². The number of nitrogens with zero attached hydrogens (tertiary/aromatic N) is 4. The lowest BCUT2D eigenvalue weighted by atomic mass is 9.69. The molecule has 1 saturated carbocycles. The highest BCUT2D eigenvalue weighted by molar-refractivity contribution is 8.00. The smallest absolute Gasteiger partial charge is 0.409 e. The Hall–Kier alpha value is -1.47. The molecule has 7 heteroatoms. The van der Waals surface area contributed by atoms with Gasteiger partial charge in [0.15, 0.2) is 0 Å². The van der Waals surface area contributed by atoms with Crippen molar-refractivity contribution in [3.8, 4) is 0 Å². The molecular weight excluding hydrogens is 372 g/mol. The minimum absolute atomic E-state index is 0.154. The van der Waals surface area contributed by atoms with E-state index in [0.717, 1.165) is 39.1 Å². The predicted molar refractivity (Wildman–Crippen MR) is 114 cm³/mol. The molecule has 2 fully saturated rings. The van der Waals surface area contributed by atoms with Crippen molar-refractivity contribution >= 4 is 23.9 Å². The van der Waals surface area contributed by atoms with Crippen LogP contribution in [0.15, 0.2) is 18.3 Å². The average molecular weight is 405 g/mol. The summed E-state index contributed by atoms with van der Waals surface area (Å²) in [7, 11) is 0. The minimum atomic E-state index is -0.154. The zero-order valence-electron chi connectivity index (χ0n) is 17.1. The minimum Gasteiger partial charge on any atom is -0.450 e. The zero-order valence-corrected chi connectivity index (χ0v) is 17.9. The summed E-state index contributed by atoms with van der Waals surface area (Å²) in [6.07, 6.45) is 9.87. The molecule has 0 bridgehead atoms. The molecular formula is C21H32N4O2S. The fourth-order valence-corrected chi connectivity index (χ4v) is 5.94. The molecule has 1 amide bonds.